The molecular formula is C22H23N8O6S4+. The molecule has 3 aromatic rings. The van der Waals surface area contributed by atoms with Crippen molar-refractivity contribution < 1.29 is 34.0 Å². The third kappa shape index (κ3) is 7.13. The zero-order chi connectivity index (χ0) is 28.8. The Hall–Kier alpha value is -3.58. The SMILES string of the molecule is CCO/N=C(\C(=O)N[C@H](C(=O)O)[C@@H]1NC(C(=O)O)C(Sc2nc(-c3cc[n+](C)cc3)cs2)=CS1)c1nsc(N)n1. The van der Waals surface area contributed by atoms with Crippen LogP contribution in [-0.2, 0) is 26.3 Å². The summed E-state index contributed by atoms with van der Waals surface area (Å²) < 4.78 is 6.46. The van der Waals surface area contributed by atoms with Crippen molar-refractivity contribution in [3.05, 3.63) is 46.0 Å². The van der Waals surface area contributed by atoms with E-state index in [0.717, 1.165) is 34.6 Å². The summed E-state index contributed by atoms with van der Waals surface area (Å²) in [6, 6.07) is 1.07. The molecule has 0 fully saturated rings. The number of nitrogens with zero attached hydrogens (tertiary/aromatic N) is 5. The van der Waals surface area contributed by atoms with Gasteiger partial charge in [0.2, 0.25) is 11.5 Å². The lowest BCUT2D eigenvalue weighted by Crippen LogP contribution is -2.58. The number of amides is 1. The second-order valence-electron chi connectivity index (χ2n) is 7.97. The van der Waals surface area contributed by atoms with Crippen LogP contribution >= 0.6 is 46.4 Å². The Balaban J connectivity index is 1.51. The van der Waals surface area contributed by atoms with Gasteiger partial charge in [0.25, 0.3) is 5.91 Å². The number of hydrogen-bond donors (Lipinski definition) is 5. The maximum absolute atomic E-state index is 13.0. The minimum absolute atomic E-state index is 0.0796. The molecule has 0 spiro atoms. The summed E-state index contributed by atoms with van der Waals surface area (Å²) in [6.07, 6.45) is 3.80. The number of thioether (sulfide) groups is 2. The van der Waals surface area contributed by atoms with Gasteiger partial charge < -0.3 is 26.1 Å². The molecule has 0 saturated carbocycles. The van der Waals surface area contributed by atoms with Gasteiger partial charge in [-0.2, -0.15) is 9.36 Å². The molecule has 0 bridgehead atoms. The molecule has 18 heteroatoms. The fraction of sp³-hybridized carbons (Fsp3) is 0.273. The summed E-state index contributed by atoms with van der Waals surface area (Å²) in [5.41, 5.74) is 6.91. The molecule has 0 aliphatic carbocycles. The van der Waals surface area contributed by atoms with Crippen molar-refractivity contribution in [1.82, 2.24) is 25.0 Å². The Bertz CT molecular complexity index is 1460. The van der Waals surface area contributed by atoms with Crippen LogP contribution in [0.4, 0.5) is 5.13 Å². The third-order valence-electron chi connectivity index (χ3n) is 5.16. The first kappa shape index (κ1) is 29.4. The van der Waals surface area contributed by atoms with E-state index in [1.807, 2.05) is 41.5 Å². The summed E-state index contributed by atoms with van der Waals surface area (Å²) in [5.74, 6) is -3.67. The molecule has 1 aliphatic heterocycles. The molecule has 0 radical (unpaired) electrons. The molecule has 3 aromatic heterocycles. The molecule has 0 saturated heterocycles. The number of thiazole rings is 1. The van der Waals surface area contributed by atoms with E-state index < -0.39 is 35.3 Å². The van der Waals surface area contributed by atoms with Crippen LogP contribution in [0.15, 0.2) is 49.7 Å². The number of nitrogens with two attached hydrogens (primary N) is 1. The number of carbonyl (C=O) groups is 3. The van der Waals surface area contributed by atoms with Crippen LogP contribution in [0.25, 0.3) is 11.3 Å². The highest BCUT2D eigenvalue weighted by molar-refractivity contribution is 8.07. The van der Waals surface area contributed by atoms with E-state index in [1.165, 1.54) is 23.1 Å². The monoisotopic (exact) mass is 623 g/mol. The topological polar surface area (TPSA) is 206 Å². The lowest BCUT2D eigenvalue weighted by atomic mass is 10.2. The smallest absolute Gasteiger partial charge is 0.328 e. The number of nitrogen functional groups attached to an aromatic ring is 1. The van der Waals surface area contributed by atoms with Crippen LogP contribution in [-0.4, -0.2) is 72.2 Å². The molecule has 1 aliphatic rings. The van der Waals surface area contributed by atoms with Gasteiger partial charge in [-0.25, -0.2) is 14.3 Å². The van der Waals surface area contributed by atoms with Gasteiger partial charge in [0.1, 0.15) is 19.7 Å². The molecule has 40 heavy (non-hydrogen) atoms. The molecular weight excluding hydrogens is 601 g/mol. The predicted molar refractivity (Wildman–Crippen MR) is 151 cm³/mol. The number of carboxylic acid groups (broad SMARTS) is 2. The molecule has 3 atom stereocenters. The summed E-state index contributed by atoms with van der Waals surface area (Å²) in [5, 5.41) is 31.2. The number of carboxylic acids is 2. The lowest BCUT2D eigenvalue weighted by molar-refractivity contribution is -0.671. The Morgan fingerprint density at radius 1 is 1.30 bits per heavy atom. The van der Waals surface area contributed by atoms with Crippen LogP contribution in [0.5, 0.6) is 0 Å². The van der Waals surface area contributed by atoms with Crippen molar-refractivity contribution in [1.29, 1.82) is 0 Å². The molecule has 6 N–H and O–H groups in total. The van der Waals surface area contributed by atoms with E-state index in [-0.39, 0.29) is 23.3 Å². The van der Waals surface area contributed by atoms with E-state index in [9.17, 15) is 24.6 Å². The van der Waals surface area contributed by atoms with Crippen molar-refractivity contribution in [2.45, 2.75) is 28.7 Å². The van der Waals surface area contributed by atoms with E-state index in [0.29, 0.717) is 9.24 Å². The molecule has 4 rings (SSSR count). The Kier molecular flexibility index (Phi) is 9.69. The summed E-state index contributed by atoms with van der Waals surface area (Å²) in [6.45, 7) is 1.78. The van der Waals surface area contributed by atoms with Gasteiger partial charge in [-0.15, -0.1) is 23.1 Å². The number of carbonyl (C=O) groups excluding carboxylic acids is 1. The van der Waals surface area contributed by atoms with Crippen LogP contribution in [0.3, 0.4) is 0 Å². The van der Waals surface area contributed by atoms with Crippen LogP contribution in [0.2, 0.25) is 0 Å². The van der Waals surface area contributed by atoms with Crippen LogP contribution < -0.4 is 20.9 Å². The largest absolute Gasteiger partial charge is 0.480 e. The first-order chi connectivity index (χ1) is 19.2. The minimum atomic E-state index is -1.55. The molecule has 14 nitrogen and oxygen atoms in total. The van der Waals surface area contributed by atoms with Crippen molar-refractivity contribution in [2.24, 2.45) is 12.2 Å². The molecule has 210 valence electrons. The van der Waals surface area contributed by atoms with Crippen molar-refractivity contribution in [3.63, 3.8) is 0 Å². The number of aliphatic carboxylic acids is 2. The second kappa shape index (κ2) is 13.2. The molecule has 0 aromatic carbocycles. The number of anilines is 1. The maximum atomic E-state index is 13.0. The first-order valence-electron chi connectivity index (χ1n) is 11.4. The Morgan fingerprint density at radius 3 is 2.67 bits per heavy atom. The van der Waals surface area contributed by atoms with Crippen LogP contribution in [0.1, 0.15) is 12.7 Å². The fourth-order valence-corrected chi connectivity index (χ4v) is 6.85. The highest BCUT2D eigenvalue weighted by atomic mass is 32.2. The van der Waals surface area contributed by atoms with E-state index in [4.69, 9.17) is 10.6 Å². The lowest BCUT2D eigenvalue weighted by Gasteiger charge is -2.31. The zero-order valence-electron chi connectivity index (χ0n) is 20.9. The number of oxime groups is 1. The number of rotatable bonds is 11. The molecule has 4 heterocycles. The Labute approximate surface area is 243 Å². The zero-order valence-corrected chi connectivity index (χ0v) is 24.1. The van der Waals surface area contributed by atoms with Crippen molar-refractivity contribution in [3.8, 4) is 11.3 Å². The van der Waals surface area contributed by atoms with Crippen molar-refractivity contribution >= 4 is 75.1 Å². The van der Waals surface area contributed by atoms with Crippen LogP contribution in [0, 0.1) is 0 Å². The number of aromatic nitrogens is 4. The van der Waals surface area contributed by atoms with Gasteiger partial charge in [-0.1, -0.05) is 16.9 Å². The van der Waals surface area contributed by atoms with Gasteiger partial charge in [-0.05, 0) is 12.3 Å². The average molecular weight is 624 g/mol. The second-order valence-corrected chi connectivity index (χ2v) is 11.9. The summed E-state index contributed by atoms with van der Waals surface area (Å²) in [7, 11) is 1.91. The molecule has 1 unspecified atom stereocenters. The number of aryl methyl sites for hydroxylation is 1. The quantitative estimate of drug-likeness (QED) is 0.115. The standard InChI is InChI=1S/C22H22N8O6S4/c1-3-36-28-14(16-27-21(23)40-29-16)17(31)25-15(20(34)35)18-26-13(19(32)33)12(9-37-18)39-22-24-11(8-38-22)10-4-6-30(2)7-5-10/h4-9,13,15,18,26H,3H2,1-2H3,(H4-,23,25,27,29,31,32,33,34,35)/p+1/b28-14-/t13?,15-,18+/m0/s1. The number of nitrogens with one attached hydrogen (secondary N) is 2. The average Bonchev–Trinajstić information content (AvgIpc) is 3.57. The molecule has 1 amide bonds. The van der Waals surface area contributed by atoms with Gasteiger partial charge >= 0.3 is 11.9 Å². The maximum Gasteiger partial charge on any atom is 0.328 e. The first-order valence-corrected chi connectivity index (χ1v) is 14.8. The van der Waals surface area contributed by atoms with Crippen molar-refractivity contribution in [2.75, 3.05) is 12.3 Å². The Morgan fingerprint density at radius 2 is 2.05 bits per heavy atom. The summed E-state index contributed by atoms with van der Waals surface area (Å²) in [4.78, 5) is 51.2. The van der Waals surface area contributed by atoms with Gasteiger partial charge in [0.05, 0.1) is 11.1 Å². The fourth-order valence-electron chi connectivity index (χ4n) is 3.27. The highest BCUT2D eigenvalue weighted by Gasteiger charge is 2.39. The van der Waals surface area contributed by atoms with Gasteiger partial charge in [0.15, 0.2) is 27.9 Å². The number of hydrogen-bond acceptors (Lipinski definition) is 14. The van der Waals surface area contributed by atoms with Gasteiger partial charge in [-0.3, -0.25) is 14.9 Å². The van der Waals surface area contributed by atoms with E-state index in [1.54, 1.807) is 12.3 Å². The third-order valence-corrected chi connectivity index (χ3v) is 8.98. The highest BCUT2D eigenvalue weighted by Crippen LogP contribution is 2.38. The summed E-state index contributed by atoms with van der Waals surface area (Å²) >= 11 is 4.39. The number of pyridine rings is 1. The predicted octanol–water partition coefficient (Wildman–Crippen LogP) is 1.13. The normalized spacial score (nSPS) is 18.1. The van der Waals surface area contributed by atoms with E-state index in [2.05, 4.69) is 30.1 Å². The van der Waals surface area contributed by atoms with Gasteiger partial charge in [0, 0.05) is 39.5 Å². The minimum Gasteiger partial charge on any atom is -0.480 e. The van der Waals surface area contributed by atoms with E-state index >= 15 is 0 Å².